The summed E-state index contributed by atoms with van der Waals surface area (Å²) in [6.45, 7) is 10.6. The highest BCUT2D eigenvalue weighted by Crippen LogP contribution is 2.51. The van der Waals surface area contributed by atoms with Gasteiger partial charge in [0.25, 0.3) is 0 Å². The zero-order valence-corrected chi connectivity index (χ0v) is 27.4. The van der Waals surface area contributed by atoms with Crippen molar-refractivity contribution in [3.8, 4) is 0 Å². The fourth-order valence-electron chi connectivity index (χ4n) is 7.84. The molecule has 2 aliphatic heterocycles. The summed E-state index contributed by atoms with van der Waals surface area (Å²) in [5.74, 6) is 0. The Balaban J connectivity index is 1.39. The molecule has 0 saturated carbocycles. The number of likely N-dealkylation sites (N-methyl/N-ethyl adjacent to an activating group) is 1. The maximum atomic E-state index is 2.61. The van der Waals surface area contributed by atoms with E-state index in [0.717, 1.165) is 13.0 Å². The molecule has 0 aliphatic carbocycles. The number of anilines is 1. The molecule has 2 aliphatic rings. The van der Waals surface area contributed by atoms with Gasteiger partial charge in [-0.1, -0.05) is 124 Å². The molecule has 1 atom stereocenters. The Bertz CT molecular complexity index is 1720. The van der Waals surface area contributed by atoms with E-state index in [9.17, 15) is 0 Å². The summed E-state index contributed by atoms with van der Waals surface area (Å²) in [5, 5.41) is 2.62. The third-order valence-electron chi connectivity index (χ3n) is 10.2. The molecule has 0 radical (unpaired) electrons. The molecule has 2 nitrogen and oxygen atoms in total. The molecule has 0 bridgehead atoms. The molecule has 4 aromatic rings. The third kappa shape index (κ3) is 5.45. The molecule has 0 amide bonds. The minimum absolute atomic E-state index is 0.0398. The van der Waals surface area contributed by atoms with Crippen molar-refractivity contribution in [3.63, 3.8) is 0 Å². The molecule has 0 saturated heterocycles. The van der Waals surface area contributed by atoms with Crippen LogP contribution in [0.1, 0.15) is 82.9 Å². The van der Waals surface area contributed by atoms with E-state index in [1.807, 2.05) is 0 Å². The molecule has 6 rings (SSSR count). The summed E-state index contributed by atoms with van der Waals surface area (Å²) in [6, 6.07) is 33.5. The number of unbranched alkanes of at least 4 members (excludes halogenated alkanes) is 5. The number of fused-ring (bicyclic) bond motifs is 4. The standard InChI is InChI=1S/C42H49N2/c1-6-7-8-9-10-18-30-44-37-25-17-16-24-35(37)41(2,3)38(44)26-19-27-39-42(4,31-32-20-12-11-13-21-32)36-29-28-33-22-14-15-23-34(33)40(36)43(39)5/h11-17,19-29H,6-10,18,30-31H2,1-5H3/q+1. The predicted molar refractivity (Wildman–Crippen MR) is 190 cm³/mol. The Labute approximate surface area is 265 Å². The number of allylic oxidation sites excluding steroid dienone is 4. The lowest BCUT2D eigenvalue weighted by atomic mass is 9.76. The first kappa shape index (κ1) is 30.1. The molecule has 4 aromatic carbocycles. The summed E-state index contributed by atoms with van der Waals surface area (Å²) in [7, 11) is 2.26. The lowest BCUT2D eigenvalue weighted by Crippen LogP contribution is -2.29. The van der Waals surface area contributed by atoms with E-state index in [1.165, 1.54) is 88.8 Å². The van der Waals surface area contributed by atoms with Gasteiger partial charge in [0.15, 0.2) is 5.71 Å². The second kappa shape index (κ2) is 12.6. The van der Waals surface area contributed by atoms with Gasteiger partial charge >= 0.3 is 0 Å². The van der Waals surface area contributed by atoms with E-state index in [1.54, 1.807) is 0 Å². The van der Waals surface area contributed by atoms with E-state index in [2.05, 4.69) is 153 Å². The molecule has 2 heterocycles. The largest absolute Gasteiger partial charge is 0.347 e. The van der Waals surface area contributed by atoms with Crippen molar-refractivity contribution in [1.82, 2.24) is 0 Å². The molecule has 0 aromatic heterocycles. The van der Waals surface area contributed by atoms with Crippen LogP contribution < -0.4 is 4.90 Å². The Kier molecular flexibility index (Phi) is 8.63. The van der Waals surface area contributed by atoms with Crippen molar-refractivity contribution >= 4 is 27.9 Å². The molecular formula is C42H49N2+. The first-order valence-electron chi connectivity index (χ1n) is 16.8. The van der Waals surface area contributed by atoms with Gasteiger partial charge in [0, 0.05) is 47.7 Å². The molecular weight excluding hydrogens is 532 g/mol. The van der Waals surface area contributed by atoms with Crippen molar-refractivity contribution in [1.29, 1.82) is 0 Å². The fraction of sp³-hybridized carbons (Fsp3) is 0.357. The molecule has 2 heteroatoms. The van der Waals surface area contributed by atoms with Crippen molar-refractivity contribution in [2.24, 2.45) is 0 Å². The second-order valence-electron chi connectivity index (χ2n) is 13.6. The zero-order chi connectivity index (χ0) is 30.7. The molecule has 1 unspecified atom stereocenters. The maximum absolute atomic E-state index is 2.61. The van der Waals surface area contributed by atoms with E-state index >= 15 is 0 Å². The van der Waals surface area contributed by atoms with Crippen LogP contribution in [0.2, 0.25) is 0 Å². The lowest BCUT2D eigenvalue weighted by molar-refractivity contribution is -0.438. The van der Waals surface area contributed by atoms with E-state index in [-0.39, 0.29) is 10.8 Å². The molecule has 0 N–H and O–H groups in total. The highest BCUT2D eigenvalue weighted by atomic mass is 15.2. The van der Waals surface area contributed by atoms with Gasteiger partial charge in [-0.25, -0.2) is 0 Å². The normalized spacial score (nSPS) is 19.8. The van der Waals surface area contributed by atoms with Gasteiger partial charge in [0.05, 0.1) is 11.1 Å². The van der Waals surface area contributed by atoms with Gasteiger partial charge in [0.2, 0.25) is 5.69 Å². The fourth-order valence-corrected chi connectivity index (χ4v) is 7.84. The topological polar surface area (TPSA) is 6.25 Å². The Morgan fingerprint density at radius 3 is 2.25 bits per heavy atom. The molecule has 0 fully saturated rings. The number of hydrogen-bond acceptors (Lipinski definition) is 1. The van der Waals surface area contributed by atoms with E-state index < -0.39 is 0 Å². The van der Waals surface area contributed by atoms with Crippen LogP contribution in [0.25, 0.3) is 10.8 Å². The Morgan fingerprint density at radius 1 is 0.727 bits per heavy atom. The van der Waals surface area contributed by atoms with Crippen LogP contribution in [0, 0.1) is 0 Å². The van der Waals surface area contributed by atoms with Crippen LogP contribution in [-0.2, 0) is 17.3 Å². The van der Waals surface area contributed by atoms with Crippen molar-refractivity contribution in [3.05, 3.63) is 132 Å². The van der Waals surface area contributed by atoms with Gasteiger partial charge < -0.3 is 4.90 Å². The van der Waals surface area contributed by atoms with Crippen LogP contribution in [0.3, 0.4) is 0 Å². The van der Waals surface area contributed by atoms with Gasteiger partial charge in [-0.05, 0) is 56.2 Å². The Hall–Kier alpha value is -3.91. The minimum Gasteiger partial charge on any atom is -0.347 e. The summed E-state index contributed by atoms with van der Waals surface area (Å²) < 4.78 is 2.61. The van der Waals surface area contributed by atoms with Gasteiger partial charge in [0.1, 0.15) is 6.54 Å². The summed E-state index contributed by atoms with van der Waals surface area (Å²) in [4.78, 5) is 2.46. The molecule has 0 spiro atoms. The van der Waals surface area contributed by atoms with Crippen molar-refractivity contribution in [2.45, 2.75) is 83.5 Å². The first-order chi connectivity index (χ1) is 21.4. The number of rotatable bonds is 11. The smallest absolute Gasteiger partial charge is 0.209 e. The van der Waals surface area contributed by atoms with Crippen LogP contribution in [-0.4, -0.2) is 23.9 Å². The average molecular weight is 582 g/mol. The van der Waals surface area contributed by atoms with Gasteiger partial charge in [-0.2, -0.15) is 4.58 Å². The number of nitrogens with zero attached hydrogens (tertiary/aromatic N) is 2. The van der Waals surface area contributed by atoms with Gasteiger partial charge in [-0.15, -0.1) is 0 Å². The quantitative estimate of drug-likeness (QED) is 0.126. The second-order valence-corrected chi connectivity index (χ2v) is 13.6. The predicted octanol–water partition coefficient (Wildman–Crippen LogP) is 10.7. The number of para-hydroxylation sites is 1. The highest BCUT2D eigenvalue weighted by molar-refractivity contribution is 6.03. The average Bonchev–Trinajstić information content (AvgIpc) is 3.38. The monoisotopic (exact) mass is 581 g/mol. The summed E-state index contributed by atoms with van der Waals surface area (Å²) in [5.41, 5.74) is 9.50. The van der Waals surface area contributed by atoms with Crippen LogP contribution in [0.5, 0.6) is 0 Å². The zero-order valence-electron chi connectivity index (χ0n) is 27.4. The first-order valence-corrected chi connectivity index (χ1v) is 16.8. The SMILES string of the molecule is CCCCCCCC[N+]1=C(C=CC=C2N(C)c3c(ccc4ccccc34)C2(C)Cc2ccccc2)C(C)(C)c2ccccc21. The van der Waals surface area contributed by atoms with E-state index in [0.29, 0.717) is 0 Å². The van der Waals surface area contributed by atoms with Crippen LogP contribution >= 0.6 is 0 Å². The number of benzene rings is 4. The lowest BCUT2D eigenvalue weighted by Gasteiger charge is -2.29. The molecule has 226 valence electrons. The van der Waals surface area contributed by atoms with Gasteiger partial charge in [-0.3, -0.25) is 0 Å². The maximum Gasteiger partial charge on any atom is 0.209 e. The summed E-state index contributed by atoms with van der Waals surface area (Å²) in [6.07, 6.45) is 16.0. The highest BCUT2D eigenvalue weighted by Gasteiger charge is 2.45. The van der Waals surface area contributed by atoms with Crippen molar-refractivity contribution < 1.29 is 4.58 Å². The number of hydrogen-bond donors (Lipinski definition) is 0. The third-order valence-corrected chi connectivity index (χ3v) is 10.2. The van der Waals surface area contributed by atoms with Crippen molar-refractivity contribution in [2.75, 3.05) is 18.5 Å². The summed E-state index contributed by atoms with van der Waals surface area (Å²) >= 11 is 0. The van der Waals surface area contributed by atoms with Crippen LogP contribution in [0.4, 0.5) is 11.4 Å². The van der Waals surface area contributed by atoms with Crippen LogP contribution in [0.15, 0.2) is 115 Å². The van der Waals surface area contributed by atoms with E-state index in [4.69, 9.17) is 0 Å². The molecule has 44 heavy (non-hydrogen) atoms. The Morgan fingerprint density at radius 2 is 1.43 bits per heavy atom. The minimum atomic E-state index is -0.142.